The van der Waals surface area contributed by atoms with Gasteiger partial charge in [0.05, 0.1) is 32.3 Å². The molecular weight excluding hydrogens is 320 g/mol. The number of para-hydroxylation sites is 1. The Kier molecular flexibility index (Phi) is 5.03. The smallest absolute Gasteiger partial charge is 0.226 e. The third-order valence-corrected chi connectivity index (χ3v) is 4.58. The normalized spacial score (nSPS) is 20.0. The zero-order valence-electron chi connectivity index (χ0n) is 14.7. The Morgan fingerprint density at radius 2 is 2.12 bits per heavy atom. The fraction of sp³-hybridized carbons (Fsp3) is 0.500. The van der Waals surface area contributed by atoms with Crippen LogP contribution in [0.1, 0.15) is 24.0 Å². The average Bonchev–Trinajstić information content (AvgIpc) is 3.20. The highest BCUT2D eigenvalue weighted by atomic mass is 16.5. The first-order valence-corrected chi connectivity index (χ1v) is 8.50. The molecule has 7 nitrogen and oxygen atoms in total. The molecule has 1 aromatic carbocycles. The summed E-state index contributed by atoms with van der Waals surface area (Å²) >= 11 is 0. The van der Waals surface area contributed by atoms with E-state index in [1.807, 2.05) is 32.0 Å². The molecule has 0 spiro atoms. The number of aryl methyl sites for hydroxylation is 2. The predicted octanol–water partition coefficient (Wildman–Crippen LogP) is 1.33. The third-order valence-electron chi connectivity index (χ3n) is 4.58. The van der Waals surface area contributed by atoms with Gasteiger partial charge in [0.15, 0.2) is 0 Å². The van der Waals surface area contributed by atoms with Crippen LogP contribution in [0.3, 0.4) is 0 Å². The van der Waals surface area contributed by atoms with E-state index in [2.05, 4.69) is 10.3 Å². The van der Waals surface area contributed by atoms with Gasteiger partial charge in [-0.3, -0.25) is 4.79 Å². The Hall–Kier alpha value is -2.41. The molecular formula is C18H24N4O3. The van der Waals surface area contributed by atoms with E-state index in [0.29, 0.717) is 39.1 Å². The topological polar surface area (TPSA) is 80.5 Å². The summed E-state index contributed by atoms with van der Waals surface area (Å²) in [5.41, 5.74) is 1.18. The molecule has 2 heterocycles. The lowest BCUT2D eigenvalue weighted by Crippen LogP contribution is -2.39. The van der Waals surface area contributed by atoms with Crippen molar-refractivity contribution in [3.63, 3.8) is 0 Å². The van der Waals surface area contributed by atoms with Gasteiger partial charge in [-0.1, -0.05) is 23.4 Å². The lowest BCUT2D eigenvalue weighted by molar-refractivity contribution is -0.131. The maximum absolute atomic E-state index is 12.4. The van der Waals surface area contributed by atoms with E-state index < -0.39 is 5.60 Å². The molecule has 0 bridgehead atoms. The van der Waals surface area contributed by atoms with Gasteiger partial charge in [0.1, 0.15) is 11.4 Å². The number of benzene rings is 1. The van der Waals surface area contributed by atoms with Crippen molar-refractivity contribution in [2.45, 2.75) is 38.8 Å². The summed E-state index contributed by atoms with van der Waals surface area (Å²) in [7, 11) is 0. The van der Waals surface area contributed by atoms with Gasteiger partial charge in [-0.2, -0.15) is 0 Å². The lowest BCUT2D eigenvalue weighted by Gasteiger charge is -2.23. The van der Waals surface area contributed by atoms with Crippen LogP contribution >= 0.6 is 0 Å². The van der Waals surface area contributed by atoms with Crippen molar-refractivity contribution in [3.05, 3.63) is 41.7 Å². The Bertz CT molecular complexity index is 712. The standard InChI is InChI=1S/C18H24N4O3/c1-14-4-3-5-15(2)17(14)25-11-6-16(23)21-9-7-18(24,12-21)13-22-10-8-19-20-22/h3-5,8,10,24H,6-7,9,11-13H2,1-2H3. The van der Waals surface area contributed by atoms with Gasteiger partial charge in [0, 0.05) is 12.7 Å². The molecule has 7 heteroatoms. The lowest BCUT2D eigenvalue weighted by atomic mass is 10.0. The van der Waals surface area contributed by atoms with E-state index in [1.165, 1.54) is 0 Å². The first-order chi connectivity index (χ1) is 12.0. The van der Waals surface area contributed by atoms with Crippen LogP contribution in [0.4, 0.5) is 0 Å². The van der Waals surface area contributed by atoms with Crippen LogP contribution in [0, 0.1) is 13.8 Å². The van der Waals surface area contributed by atoms with Gasteiger partial charge in [0.25, 0.3) is 0 Å². The number of aliphatic hydroxyl groups is 1. The summed E-state index contributed by atoms with van der Waals surface area (Å²) in [6.45, 7) is 5.53. The van der Waals surface area contributed by atoms with E-state index in [4.69, 9.17) is 4.74 Å². The van der Waals surface area contributed by atoms with E-state index in [-0.39, 0.29) is 5.91 Å². The number of likely N-dealkylation sites (tertiary alicyclic amines) is 1. The first-order valence-electron chi connectivity index (χ1n) is 8.50. The predicted molar refractivity (Wildman–Crippen MR) is 92.2 cm³/mol. The van der Waals surface area contributed by atoms with Crippen molar-refractivity contribution < 1.29 is 14.6 Å². The molecule has 0 saturated carbocycles. The highest BCUT2D eigenvalue weighted by Crippen LogP contribution is 2.25. The molecule has 25 heavy (non-hydrogen) atoms. The molecule has 1 aliphatic heterocycles. The van der Waals surface area contributed by atoms with Gasteiger partial charge in [-0.05, 0) is 31.4 Å². The van der Waals surface area contributed by atoms with Gasteiger partial charge in [-0.15, -0.1) is 5.10 Å². The van der Waals surface area contributed by atoms with Crippen molar-refractivity contribution in [1.82, 2.24) is 19.9 Å². The molecule has 2 aromatic rings. The number of nitrogens with zero attached hydrogens (tertiary/aromatic N) is 4. The average molecular weight is 344 g/mol. The first kappa shape index (κ1) is 17.4. The maximum atomic E-state index is 12.4. The summed E-state index contributed by atoms with van der Waals surface area (Å²) in [6, 6.07) is 5.98. The number of ether oxygens (including phenoxy) is 1. The van der Waals surface area contributed by atoms with Crippen molar-refractivity contribution in [1.29, 1.82) is 0 Å². The third kappa shape index (κ3) is 4.17. The number of carbonyl (C=O) groups is 1. The largest absolute Gasteiger partial charge is 0.493 e. The Balaban J connectivity index is 1.49. The summed E-state index contributed by atoms with van der Waals surface area (Å²) in [5.74, 6) is 0.847. The molecule has 1 aliphatic rings. The summed E-state index contributed by atoms with van der Waals surface area (Å²) < 4.78 is 7.40. The minimum atomic E-state index is -0.948. The highest BCUT2D eigenvalue weighted by molar-refractivity contribution is 5.76. The molecule has 1 unspecified atom stereocenters. The number of rotatable bonds is 6. The molecule has 134 valence electrons. The van der Waals surface area contributed by atoms with Crippen molar-refractivity contribution in [2.75, 3.05) is 19.7 Å². The second-order valence-electron chi connectivity index (χ2n) is 6.71. The molecule has 0 aliphatic carbocycles. The van der Waals surface area contributed by atoms with Crippen molar-refractivity contribution >= 4 is 5.91 Å². The van der Waals surface area contributed by atoms with Crippen molar-refractivity contribution in [2.24, 2.45) is 0 Å². The SMILES string of the molecule is Cc1cccc(C)c1OCCC(=O)N1CCC(O)(Cn2ccnn2)C1. The van der Waals surface area contributed by atoms with Crippen LogP contribution in [0.2, 0.25) is 0 Å². The summed E-state index contributed by atoms with van der Waals surface area (Å²) in [6.07, 6.45) is 4.12. The fourth-order valence-corrected chi connectivity index (χ4v) is 3.24. The van der Waals surface area contributed by atoms with Crippen LogP contribution in [-0.4, -0.2) is 56.2 Å². The highest BCUT2D eigenvalue weighted by Gasteiger charge is 2.38. The molecule has 3 rings (SSSR count). The molecule has 1 fully saturated rings. The number of aromatic nitrogens is 3. The van der Waals surface area contributed by atoms with E-state index in [1.54, 1.807) is 22.0 Å². The number of carbonyl (C=O) groups excluding carboxylic acids is 1. The van der Waals surface area contributed by atoms with Gasteiger partial charge in [0.2, 0.25) is 5.91 Å². The molecule has 1 amide bonds. The molecule has 1 N–H and O–H groups in total. The number of β-amino-alcohol motifs (C(OH)–C–C–N with tert-alkyl or cyclic N) is 1. The van der Waals surface area contributed by atoms with Crippen LogP contribution < -0.4 is 4.74 Å². The van der Waals surface area contributed by atoms with E-state index in [9.17, 15) is 9.90 Å². The minimum Gasteiger partial charge on any atom is -0.493 e. The monoisotopic (exact) mass is 344 g/mol. The second-order valence-corrected chi connectivity index (χ2v) is 6.71. The van der Waals surface area contributed by atoms with Gasteiger partial charge in [-0.25, -0.2) is 4.68 Å². The zero-order valence-corrected chi connectivity index (χ0v) is 14.7. The number of hydrogen-bond donors (Lipinski definition) is 1. The summed E-state index contributed by atoms with van der Waals surface area (Å²) in [4.78, 5) is 14.1. The Morgan fingerprint density at radius 1 is 1.36 bits per heavy atom. The Labute approximate surface area is 147 Å². The fourth-order valence-electron chi connectivity index (χ4n) is 3.24. The molecule has 1 aromatic heterocycles. The van der Waals surface area contributed by atoms with Crippen LogP contribution in [0.25, 0.3) is 0 Å². The maximum Gasteiger partial charge on any atom is 0.226 e. The molecule has 0 radical (unpaired) electrons. The van der Waals surface area contributed by atoms with Crippen LogP contribution in [-0.2, 0) is 11.3 Å². The van der Waals surface area contributed by atoms with Gasteiger partial charge < -0.3 is 14.7 Å². The Morgan fingerprint density at radius 3 is 2.80 bits per heavy atom. The van der Waals surface area contributed by atoms with E-state index in [0.717, 1.165) is 16.9 Å². The van der Waals surface area contributed by atoms with Crippen molar-refractivity contribution in [3.8, 4) is 5.75 Å². The number of hydrogen-bond acceptors (Lipinski definition) is 5. The van der Waals surface area contributed by atoms with E-state index >= 15 is 0 Å². The summed E-state index contributed by atoms with van der Waals surface area (Å²) in [5, 5.41) is 18.3. The molecule has 1 saturated heterocycles. The zero-order chi connectivity index (χ0) is 17.9. The van der Waals surface area contributed by atoms with Gasteiger partial charge >= 0.3 is 0 Å². The quantitative estimate of drug-likeness (QED) is 0.855. The second kappa shape index (κ2) is 7.23. The minimum absolute atomic E-state index is 0.000697. The number of amides is 1. The van der Waals surface area contributed by atoms with Crippen LogP contribution in [0.15, 0.2) is 30.6 Å². The molecule has 1 atom stereocenters. The van der Waals surface area contributed by atoms with Crippen LogP contribution in [0.5, 0.6) is 5.75 Å².